The van der Waals surface area contributed by atoms with Crippen molar-refractivity contribution in [1.82, 2.24) is 0 Å². The van der Waals surface area contributed by atoms with Gasteiger partial charge < -0.3 is 10.2 Å². The van der Waals surface area contributed by atoms with Crippen LogP contribution in [0.15, 0.2) is 12.7 Å². The average Bonchev–Trinajstić information content (AvgIpc) is 2.61. The SMILES string of the molecule is C=CC(=O)O.CCCCCCCCCCCCCCCCCCC(=O)O. The molecule has 0 aliphatic heterocycles. The molecule has 0 aliphatic carbocycles. The summed E-state index contributed by atoms with van der Waals surface area (Å²) in [7, 11) is 0. The summed E-state index contributed by atoms with van der Waals surface area (Å²) in [6, 6.07) is 0. The molecule has 0 saturated heterocycles. The number of carboxylic acids is 2. The fourth-order valence-corrected chi connectivity index (χ4v) is 2.82. The Morgan fingerprint density at radius 1 is 0.654 bits per heavy atom. The number of hydrogen-bond acceptors (Lipinski definition) is 2. The fraction of sp³-hybridized carbons (Fsp3) is 0.818. The number of aliphatic carboxylic acids is 2. The average molecular weight is 371 g/mol. The number of unbranched alkanes of at least 4 members (excludes halogenated alkanes) is 15. The van der Waals surface area contributed by atoms with Gasteiger partial charge in [0.25, 0.3) is 0 Å². The topological polar surface area (TPSA) is 74.6 Å². The maximum absolute atomic E-state index is 10.3. The Balaban J connectivity index is 0. The van der Waals surface area contributed by atoms with E-state index in [1.165, 1.54) is 89.9 Å². The largest absolute Gasteiger partial charge is 0.481 e. The zero-order valence-corrected chi connectivity index (χ0v) is 17.0. The first-order valence-corrected chi connectivity index (χ1v) is 10.6. The molecule has 0 atom stereocenters. The molecule has 0 amide bonds. The quantitative estimate of drug-likeness (QED) is 0.201. The molecule has 0 spiro atoms. The number of carbonyl (C=O) groups is 2. The van der Waals surface area contributed by atoms with E-state index in [2.05, 4.69) is 13.5 Å². The van der Waals surface area contributed by atoms with Crippen LogP contribution < -0.4 is 0 Å². The maximum Gasteiger partial charge on any atom is 0.327 e. The number of rotatable bonds is 18. The smallest absolute Gasteiger partial charge is 0.327 e. The van der Waals surface area contributed by atoms with Gasteiger partial charge in [-0.2, -0.15) is 0 Å². The van der Waals surface area contributed by atoms with E-state index in [1.807, 2.05) is 0 Å². The van der Waals surface area contributed by atoms with Gasteiger partial charge in [0.05, 0.1) is 0 Å². The minimum atomic E-state index is -0.981. The maximum atomic E-state index is 10.3. The zero-order chi connectivity index (χ0) is 19.9. The molecule has 154 valence electrons. The molecule has 0 radical (unpaired) electrons. The minimum absolute atomic E-state index is 0.346. The Labute approximate surface area is 161 Å². The minimum Gasteiger partial charge on any atom is -0.481 e. The highest BCUT2D eigenvalue weighted by molar-refractivity contribution is 5.78. The van der Waals surface area contributed by atoms with E-state index in [0.717, 1.165) is 18.9 Å². The van der Waals surface area contributed by atoms with E-state index in [1.54, 1.807) is 0 Å². The molecular formula is C22H42O4. The molecule has 0 aromatic carbocycles. The van der Waals surface area contributed by atoms with Crippen molar-refractivity contribution in [2.24, 2.45) is 0 Å². The summed E-state index contributed by atoms with van der Waals surface area (Å²) in [6.45, 7) is 5.23. The van der Waals surface area contributed by atoms with Gasteiger partial charge in [0.15, 0.2) is 0 Å². The van der Waals surface area contributed by atoms with Gasteiger partial charge in [-0.15, -0.1) is 0 Å². The molecule has 0 aromatic rings. The third kappa shape index (κ3) is 30.5. The summed E-state index contributed by atoms with van der Waals surface area (Å²) < 4.78 is 0. The molecule has 2 N–H and O–H groups in total. The fourth-order valence-electron chi connectivity index (χ4n) is 2.82. The lowest BCUT2D eigenvalue weighted by Crippen LogP contribution is -1.93. The molecule has 0 saturated carbocycles. The summed E-state index contributed by atoms with van der Waals surface area (Å²) in [5, 5.41) is 16.1. The molecule has 0 aromatic heterocycles. The molecule has 0 fully saturated rings. The van der Waals surface area contributed by atoms with Crippen molar-refractivity contribution in [2.75, 3.05) is 0 Å². The van der Waals surface area contributed by atoms with Crippen molar-refractivity contribution in [3.8, 4) is 0 Å². The lowest BCUT2D eigenvalue weighted by molar-refractivity contribution is -0.137. The Hall–Kier alpha value is -1.32. The van der Waals surface area contributed by atoms with Gasteiger partial charge in [-0.05, 0) is 6.42 Å². The van der Waals surface area contributed by atoms with Crippen molar-refractivity contribution in [1.29, 1.82) is 0 Å². The first-order chi connectivity index (χ1) is 12.5. The molecule has 0 rings (SSSR count). The predicted molar refractivity (Wildman–Crippen MR) is 110 cm³/mol. The van der Waals surface area contributed by atoms with Gasteiger partial charge in [-0.3, -0.25) is 4.79 Å². The van der Waals surface area contributed by atoms with Crippen molar-refractivity contribution in [2.45, 2.75) is 116 Å². The first-order valence-electron chi connectivity index (χ1n) is 10.6. The second-order valence-corrected chi connectivity index (χ2v) is 6.99. The van der Waals surface area contributed by atoms with Gasteiger partial charge >= 0.3 is 11.9 Å². The highest BCUT2D eigenvalue weighted by Crippen LogP contribution is 2.13. The van der Waals surface area contributed by atoms with E-state index < -0.39 is 11.9 Å². The summed E-state index contributed by atoms with van der Waals surface area (Å²) >= 11 is 0. The monoisotopic (exact) mass is 370 g/mol. The van der Waals surface area contributed by atoms with Crippen LogP contribution in [0, 0.1) is 0 Å². The van der Waals surface area contributed by atoms with E-state index in [4.69, 9.17) is 10.2 Å². The third-order valence-corrected chi connectivity index (χ3v) is 4.42. The molecule has 4 heteroatoms. The highest BCUT2D eigenvalue weighted by Gasteiger charge is 1.97. The van der Waals surface area contributed by atoms with Crippen molar-refractivity contribution in [3.05, 3.63) is 12.7 Å². The summed E-state index contributed by atoms with van der Waals surface area (Å²) in [5.41, 5.74) is 0. The van der Waals surface area contributed by atoms with E-state index >= 15 is 0 Å². The Bertz CT molecular complexity index is 326. The van der Waals surface area contributed by atoms with Gasteiger partial charge in [0.2, 0.25) is 0 Å². The summed E-state index contributed by atoms with van der Waals surface area (Å²) in [5.74, 6) is -1.63. The molecule has 4 nitrogen and oxygen atoms in total. The van der Waals surface area contributed by atoms with Crippen LogP contribution in [0.5, 0.6) is 0 Å². The Morgan fingerprint density at radius 2 is 0.923 bits per heavy atom. The van der Waals surface area contributed by atoms with Crippen molar-refractivity contribution >= 4 is 11.9 Å². The molecule has 0 unspecified atom stereocenters. The van der Waals surface area contributed by atoms with Crippen molar-refractivity contribution < 1.29 is 19.8 Å². The van der Waals surface area contributed by atoms with Crippen LogP contribution in [0.25, 0.3) is 0 Å². The molecule has 26 heavy (non-hydrogen) atoms. The standard InChI is InChI=1S/C19H38O2.C3H4O2/c1-2-3-4-5-6-7-8-9-10-11-12-13-14-15-16-17-18-19(20)21;1-2-3(4)5/h2-18H2,1H3,(H,20,21);2H,1H2,(H,4,5). The first kappa shape index (κ1) is 26.9. The van der Waals surface area contributed by atoms with Crippen LogP contribution >= 0.6 is 0 Å². The van der Waals surface area contributed by atoms with E-state index in [0.29, 0.717) is 6.42 Å². The van der Waals surface area contributed by atoms with Gasteiger partial charge in [0.1, 0.15) is 0 Å². The van der Waals surface area contributed by atoms with E-state index in [9.17, 15) is 9.59 Å². The van der Waals surface area contributed by atoms with Crippen LogP contribution in [0.4, 0.5) is 0 Å². The zero-order valence-electron chi connectivity index (χ0n) is 17.0. The molecular weight excluding hydrogens is 328 g/mol. The summed E-state index contributed by atoms with van der Waals surface area (Å²) in [4.78, 5) is 19.6. The molecule has 0 aliphatic rings. The van der Waals surface area contributed by atoms with E-state index in [-0.39, 0.29) is 0 Å². The number of carboxylic acid groups (broad SMARTS) is 2. The summed E-state index contributed by atoms with van der Waals surface area (Å²) in [6.07, 6.45) is 22.5. The Kier molecular flexibility index (Phi) is 24.5. The Morgan fingerprint density at radius 3 is 1.15 bits per heavy atom. The number of hydrogen-bond donors (Lipinski definition) is 2. The highest BCUT2D eigenvalue weighted by atomic mass is 16.4. The van der Waals surface area contributed by atoms with Crippen LogP contribution in [-0.4, -0.2) is 22.2 Å². The van der Waals surface area contributed by atoms with Crippen LogP contribution in [-0.2, 0) is 9.59 Å². The second kappa shape index (κ2) is 23.7. The van der Waals surface area contributed by atoms with Gasteiger partial charge in [0, 0.05) is 12.5 Å². The molecule has 0 bridgehead atoms. The third-order valence-electron chi connectivity index (χ3n) is 4.42. The second-order valence-electron chi connectivity index (χ2n) is 6.99. The predicted octanol–water partition coefficient (Wildman–Crippen LogP) is 6.98. The van der Waals surface area contributed by atoms with Crippen molar-refractivity contribution in [3.63, 3.8) is 0 Å². The molecule has 0 heterocycles. The normalized spacial score (nSPS) is 10.0. The van der Waals surface area contributed by atoms with Gasteiger partial charge in [-0.25, -0.2) is 4.79 Å². The van der Waals surface area contributed by atoms with Crippen LogP contribution in [0.3, 0.4) is 0 Å². The van der Waals surface area contributed by atoms with Crippen LogP contribution in [0.2, 0.25) is 0 Å². The van der Waals surface area contributed by atoms with Gasteiger partial charge in [-0.1, -0.05) is 110 Å². The van der Waals surface area contributed by atoms with Crippen LogP contribution in [0.1, 0.15) is 116 Å². The lowest BCUT2D eigenvalue weighted by atomic mass is 10.0. The lowest BCUT2D eigenvalue weighted by Gasteiger charge is -2.03.